The van der Waals surface area contributed by atoms with Gasteiger partial charge in [0.15, 0.2) is 0 Å². The Bertz CT molecular complexity index is 887. The minimum atomic E-state index is -0.413. The first-order valence-corrected chi connectivity index (χ1v) is 9.10. The van der Waals surface area contributed by atoms with Crippen LogP contribution in [0.3, 0.4) is 0 Å². The highest BCUT2D eigenvalue weighted by Crippen LogP contribution is 2.24. The van der Waals surface area contributed by atoms with Gasteiger partial charge >= 0.3 is 0 Å². The predicted molar refractivity (Wildman–Crippen MR) is 108 cm³/mol. The van der Waals surface area contributed by atoms with Crippen LogP contribution < -0.4 is 10.6 Å². The number of phenolic OH excluding ortho intramolecular Hbond substituents is 1. The molecule has 3 rings (SSSR count). The number of phenols is 1. The van der Waals surface area contributed by atoms with E-state index >= 15 is 0 Å². The monoisotopic (exact) mass is 374 g/mol. The highest BCUT2D eigenvalue weighted by Gasteiger charge is 2.22. The Labute approximate surface area is 164 Å². The van der Waals surface area contributed by atoms with E-state index in [1.54, 1.807) is 12.1 Å². The van der Waals surface area contributed by atoms with Crippen molar-refractivity contribution in [3.8, 4) is 5.75 Å². The number of carbonyl (C=O) groups excluding carboxylic acids is 2. The molecular weight excluding hydrogens is 352 g/mol. The molecule has 0 aliphatic rings. The molecule has 5 nitrogen and oxygen atoms in total. The van der Waals surface area contributed by atoms with Crippen molar-refractivity contribution in [2.45, 2.75) is 5.92 Å². The van der Waals surface area contributed by atoms with Gasteiger partial charge in [0, 0.05) is 18.7 Å². The topological polar surface area (TPSA) is 78.4 Å². The molecule has 142 valence electrons. The molecule has 0 bridgehead atoms. The summed E-state index contributed by atoms with van der Waals surface area (Å²) in [5.41, 5.74) is 2.20. The fraction of sp³-hybridized carbons (Fsp3) is 0.130. The normalized spacial score (nSPS) is 10.5. The second-order valence-electron chi connectivity index (χ2n) is 6.35. The first-order chi connectivity index (χ1) is 13.6. The Morgan fingerprint density at radius 3 is 1.89 bits per heavy atom. The standard InChI is InChI=1S/C23H22N2O3/c26-20-13-7-12-19(16-20)22(27)24-14-15-25-23(28)21(17-8-3-1-4-9-17)18-10-5-2-6-11-18/h1-13,16,21,26H,14-15H2,(H,24,27)(H,25,28). The van der Waals surface area contributed by atoms with Crippen molar-refractivity contribution in [3.05, 3.63) is 102 Å². The minimum absolute atomic E-state index is 0.0366. The lowest BCUT2D eigenvalue weighted by molar-refractivity contribution is -0.121. The maximum absolute atomic E-state index is 12.8. The summed E-state index contributed by atoms with van der Waals surface area (Å²) in [6, 6.07) is 25.3. The van der Waals surface area contributed by atoms with Gasteiger partial charge in [-0.05, 0) is 29.3 Å². The lowest BCUT2D eigenvalue weighted by atomic mass is 9.90. The van der Waals surface area contributed by atoms with Gasteiger partial charge in [0.05, 0.1) is 5.92 Å². The molecule has 28 heavy (non-hydrogen) atoms. The lowest BCUT2D eigenvalue weighted by Crippen LogP contribution is -2.37. The summed E-state index contributed by atoms with van der Waals surface area (Å²) in [6.07, 6.45) is 0. The van der Waals surface area contributed by atoms with Crippen LogP contribution in [0.4, 0.5) is 0 Å². The average molecular weight is 374 g/mol. The quantitative estimate of drug-likeness (QED) is 0.556. The second kappa shape index (κ2) is 9.37. The number of benzene rings is 3. The highest BCUT2D eigenvalue weighted by molar-refractivity contribution is 5.94. The Morgan fingerprint density at radius 2 is 1.32 bits per heavy atom. The summed E-state index contributed by atoms with van der Waals surface area (Å²) in [6.45, 7) is 0.593. The number of carbonyl (C=O) groups is 2. The van der Waals surface area contributed by atoms with Gasteiger partial charge in [-0.25, -0.2) is 0 Å². The molecule has 0 aliphatic heterocycles. The highest BCUT2D eigenvalue weighted by atomic mass is 16.3. The molecule has 0 heterocycles. The molecule has 0 radical (unpaired) electrons. The average Bonchev–Trinajstić information content (AvgIpc) is 2.73. The van der Waals surface area contributed by atoms with Crippen molar-refractivity contribution < 1.29 is 14.7 Å². The second-order valence-corrected chi connectivity index (χ2v) is 6.35. The molecule has 2 amide bonds. The predicted octanol–water partition coefficient (Wildman–Crippen LogP) is 3.07. The van der Waals surface area contributed by atoms with Crippen molar-refractivity contribution >= 4 is 11.8 Å². The first-order valence-electron chi connectivity index (χ1n) is 9.10. The fourth-order valence-corrected chi connectivity index (χ4v) is 3.00. The molecule has 0 saturated heterocycles. The minimum Gasteiger partial charge on any atom is -0.508 e. The van der Waals surface area contributed by atoms with Crippen molar-refractivity contribution in [1.82, 2.24) is 10.6 Å². The molecular formula is C23H22N2O3. The van der Waals surface area contributed by atoms with E-state index in [2.05, 4.69) is 10.6 Å². The van der Waals surface area contributed by atoms with Crippen LogP contribution in [0.25, 0.3) is 0 Å². The van der Waals surface area contributed by atoms with E-state index in [1.807, 2.05) is 60.7 Å². The molecule has 0 spiro atoms. The van der Waals surface area contributed by atoms with Crippen LogP contribution in [0.2, 0.25) is 0 Å². The van der Waals surface area contributed by atoms with E-state index < -0.39 is 5.92 Å². The summed E-state index contributed by atoms with van der Waals surface area (Å²) in [5.74, 6) is -0.796. The van der Waals surface area contributed by atoms with Crippen LogP contribution in [0.1, 0.15) is 27.4 Å². The summed E-state index contributed by atoms with van der Waals surface area (Å²) in [7, 11) is 0. The molecule has 3 aromatic carbocycles. The number of rotatable bonds is 7. The fourth-order valence-electron chi connectivity index (χ4n) is 3.00. The van der Waals surface area contributed by atoms with Gasteiger partial charge in [-0.1, -0.05) is 66.7 Å². The third-order valence-electron chi connectivity index (χ3n) is 4.35. The van der Waals surface area contributed by atoms with Gasteiger partial charge < -0.3 is 15.7 Å². The summed E-state index contributed by atoms with van der Waals surface area (Å²) >= 11 is 0. The zero-order valence-electron chi connectivity index (χ0n) is 15.3. The van der Waals surface area contributed by atoms with E-state index in [1.165, 1.54) is 12.1 Å². The van der Waals surface area contributed by atoms with E-state index in [-0.39, 0.29) is 24.1 Å². The molecule has 5 heteroatoms. The van der Waals surface area contributed by atoms with Crippen molar-refractivity contribution in [2.24, 2.45) is 0 Å². The van der Waals surface area contributed by atoms with Gasteiger partial charge in [-0.2, -0.15) is 0 Å². The van der Waals surface area contributed by atoms with E-state index in [9.17, 15) is 14.7 Å². The molecule has 0 aromatic heterocycles. The van der Waals surface area contributed by atoms with Crippen LogP contribution in [-0.4, -0.2) is 30.0 Å². The van der Waals surface area contributed by atoms with Crippen molar-refractivity contribution in [3.63, 3.8) is 0 Å². The zero-order chi connectivity index (χ0) is 19.8. The Hall–Kier alpha value is -3.60. The zero-order valence-corrected chi connectivity index (χ0v) is 15.3. The molecule has 0 atom stereocenters. The van der Waals surface area contributed by atoms with Crippen LogP contribution in [0, 0.1) is 0 Å². The van der Waals surface area contributed by atoms with Gasteiger partial charge in [0.25, 0.3) is 5.91 Å². The Morgan fingerprint density at radius 1 is 0.750 bits per heavy atom. The van der Waals surface area contributed by atoms with Crippen LogP contribution >= 0.6 is 0 Å². The SMILES string of the molecule is O=C(NCCNC(=O)C(c1ccccc1)c1ccccc1)c1cccc(O)c1. The largest absolute Gasteiger partial charge is 0.508 e. The molecule has 0 aliphatic carbocycles. The molecule has 0 fully saturated rings. The van der Waals surface area contributed by atoms with E-state index in [0.29, 0.717) is 12.1 Å². The molecule has 3 aromatic rings. The summed E-state index contributed by atoms with van der Waals surface area (Å²) in [5, 5.41) is 15.1. The third kappa shape index (κ3) is 4.98. The van der Waals surface area contributed by atoms with Crippen LogP contribution in [0.5, 0.6) is 5.75 Å². The van der Waals surface area contributed by atoms with E-state index in [0.717, 1.165) is 11.1 Å². The summed E-state index contributed by atoms with van der Waals surface area (Å²) < 4.78 is 0. The van der Waals surface area contributed by atoms with Gasteiger partial charge in [-0.3, -0.25) is 9.59 Å². The van der Waals surface area contributed by atoms with Gasteiger partial charge in [0.1, 0.15) is 5.75 Å². The Balaban J connectivity index is 1.59. The number of nitrogens with one attached hydrogen (secondary N) is 2. The molecule has 0 saturated carbocycles. The molecule has 3 N–H and O–H groups in total. The number of hydrogen-bond donors (Lipinski definition) is 3. The first kappa shape index (κ1) is 19.2. The summed E-state index contributed by atoms with van der Waals surface area (Å²) in [4.78, 5) is 24.9. The number of amides is 2. The van der Waals surface area contributed by atoms with Crippen molar-refractivity contribution in [2.75, 3.05) is 13.1 Å². The lowest BCUT2D eigenvalue weighted by Gasteiger charge is -2.18. The van der Waals surface area contributed by atoms with Gasteiger partial charge in [0.2, 0.25) is 5.91 Å². The van der Waals surface area contributed by atoms with E-state index in [4.69, 9.17) is 0 Å². The third-order valence-corrected chi connectivity index (χ3v) is 4.35. The smallest absolute Gasteiger partial charge is 0.251 e. The van der Waals surface area contributed by atoms with Crippen LogP contribution in [0.15, 0.2) is 84.9 Å². The van der Waals surface area contributed by atoms with Crippen molar-refractivity contribution in [1.29, 1.82) is 0 Å². The van der Waals surface area contributed by atoms with Gasteiger partial charge in [-0.15, -0.1) is 0 Å². The Kier molecular flexibility index (Phi) is 6.41. The number of hydrogen-bond acceptors (Lipinski definition) is 3. The number of aromatic hydroxyl groups is 1. The maximum Gasteiger partial charge on any atom is 0.251 e. The molecule has 0 unspecified atom stereocenters. The maximum atomic E-state index is 12.8. The van der Waals surface area contributed by atoms with Crippen LogP contribution in [-0.2, 0) is 4.79 Å².